The maximum Gasteiger partial charge on any atom is 0.268 e. The molecule has 0 saturated heterocycles. The number of phosphoric acid groups is 1. The molecule has 1 amide bonds. The number of likely N-dealkylation sites (N-methyl/N-ethyl adjacent to an activating group) is 1. The Bertz CT molecular complexity index is 855. The predicted octanol–water partition coefficient (Wildman–Crippen LogP) is 12.3. The summed E-state index contributed by atoms with van der Waals surface area (Å²) in [5.74, 6) is -0.160. The SMILES string of the molecule is CCCCCCCCCCCCCCCCCCC(=O)N[C@@H](COP(=O)([O-])OCC[N+](C)(C)C)[C@H](O)CCCCCCCCCCCCCCCCCC. The molecule has 0 spiro atoms. The van der Waals surface area contributed by atoms with Crippen molar-refractivity contribution in [1.29, 1.82) is 0 Å². The lowest BCUT2D eigenvalue weighted by atomic mass is 10.0. The second-order valence-corrected chi connectivity index (χ2v) is 18.9. The van der Waals surface area contributed by atoms with Gasteiger partial charge in [-0.25, -0.2) is 0 Å². The van der Waals surface area contributed by atoms with Crippen molar-refractivity contribution in [2.75, 3.05) is 40.9 Å². The third kappa shape index (κ3) is 39.7. The molecule has 2 N–H and O–H groups in total. The van der Waals surface area contributed by atoms with Gasteiger partial charge in [0.15, 0.2) is 0 Å². The summed E-state index contributed by atoms with van der Waals surface area (Å²) in [5.41, 5.74) is 0. The molecule has 9 heteroatoms. The minimum atomic E-state index is -4.56. The van der Waals surface area contributed by atoms with Gasteiger partial charge in [-0.3, -0.25) is 9.36 Å². The first-order valence-corrected chi connectivity index (χ1v) is 24.8. The molecule has 0 saturated carbocycles. The summed E-state index contributed by atoms with van der Waals surface area (Å²) < 4.78 is 23.3. The Morgan fingerprint density at radius 2 is 0.907 bits per heavy atom. The lowest BCUT2D eigenvalue weighted by Gasteiger charge is -2.30. The summed E-state index contributed by atoms with van der Waals surface area (Å²) in [6.45, 7) is 4.75. The minimum Gasteiger partial charge on any atom is -0.756 e. The fourth-order valence-corrected chi connectivity index (χ4v) is 7.82. The van der Waals surface area contributed by atoms with Gasteiger partial charge in [-0.15, -0.1) is 0 Å². The van der Waals surface area contributed by atoms with E-state index >= 15 is 0 Å². The van der Waals surface area contributed by atoms with Crippen molar-refractivity contribution in [2.24, 2.45) is 0 Å². The smallest absolute Gasteiger partial charge is 0.268 e. The number of unbranched alkanes of at least 4 members (excludes halogenated alkanes) is 30. The normalized spacial score (nSPS) is 14.3. The second kappa shape index (κ2) is 38.0. The number of quaternary nitrogens is 1. The van der Waals surface area contributed by atoms with Crippen molar-refractivity contribution in [3.63, 3.8) is 0 Å². The molecule has 54 heavy (non-hydrogen) atoms. The highest BCUT2D eigenvalue weighted by Crippen LogP contribution is 2.38. The van der Waals surface area contributed by atoms with Crippen LogP contribution in [0.15, 0.2) is 0 Å². The first kappa shape index (κ1) is 53.5. The van der Waals surface area contributed by atoms with Gasteiger partial charge in [-0.2, -0.15) is 0 Å². The second-order valence-electron chi connectivity index (χ2n) is 17.5. The number of hydrogen-bond acceptors (Lipinski definition) is 6. The molecule has 0 aliphatic carbocycles. The number of rotatable bonds is 43. The molecule has 1 unspecified atom stereocenters. The molecule has 0 fully saturated rings. The largest absolute Gasteiger partial charge is 0.756 e. The van der Waals surface area contributed by atoms with Crippen LogP contribution in [0.3, 0.4) is 0 Å². The molecule has 3 atom stereocenters. The van der Waals surface area contributed by atoms with Gasteiger partial charge in [-0.1, -0.05) is 213 Å². The van der Waals surface area contributed by atoms with E-state index in [1.165, 1.54) is 167 Å². The Kier molecular flexibility index (Phi) is 37.7. The quantitative estimate of drug-likeness (QED) is 0.0362. The molecule has 0 aromatic carbocycles. The summed E-state index contributed by atoms with van der Waals surface area (Å²) in [4.78, 5) is 25.3. The van der Waals surface area contributed by atoms with E-state index in [1.54, 1.807) is 0 Å². The van der Waals surface area contributed by atoms with Gasteiger partial charge in [0.25, 0.3) is 7.82 Å². The van der Waals surface area contributed by atoms with Gasteiger partial charge in [0.1, 0.15) is 13.2 Å². The Balaban J connectivity index is 4.30. The summed E-state index contributed by atoms with van der Waals surface area (Å²) >= 11 is 0. The van der Waals surface area contributed by atoms with Crippen molar-refractivity contribution < 1.29 is 32.9 Å². The van der Waals surface area contributed by atoms with Gasteiger partial charge in [0.05, 0.1) is 39.9 Å². The maximum absolute atomic E-state index is 12.9. The highest BCUT2D eigenvalue weighted by molar-refractivity contribution is 7.45. The molecule has 324 valence electrons. The third-order valence-corrected chi connectivity index (χ3v) is 11.8. The highest BCUT2D eigenvalue weighted by atomic mass is 31.2. The van der Waals surface area contributed by atoms with E-state index in [9.17, 15) is 19.4 Å². The molecule has 0 bridgehead atoms. The molecular weight excluding hydrogens is 695 g/mol. The van der Waals surface area contributed by atoms with Crippen LogP contribution < -0.4 is 10.2 Å². The van der Waals surface area contributed by atoms with Crippen LogP contribution in [0.25, 0.3) is 0 Å². The van der Waals surface area contributed by atoms with Gasteiger partial charge in [0.2, 0.25) is 5.91 Å². The number of carbonyl (C=O) groups is 1. The van der Waals surface area contributed by atoms with Crippen LogP contribution in [-0.4, -0.2) is 68.5 Å². The lowest BCUT2D eigenvalue weighted by molar-refractivity contribution is -0.870. The standard InChI is InChI=1S/C45H93N2O6P/c1-6-8-10-12-14-16-18-20-22-24-26-28-30-32-34-36-38-44(48)43(42-53-54(50,51)52-41-40-47(3,4)5)46-45(49)39-37-35-33-31-29-27-25-23-21-19-17-15-13-11-9-7-2/h43-44,48H,6-42H2,1-5H3,(H-,46,49,50,51)/t43-,44+/m0/s1. The van der Waals surface area contributed by atoms with Crippen molar-refractivity contribution in [3.05, 3.63) is 0 Å². The third-order valence-electron chi connectivity index (χ3n) is 10.8. The topological polar surface area (TPSA) is 108 Å². The molecule has 0 aromatic rings. The number of phosphoric ester groups is 1. The summed E-state index contributed by atoms with van der Waals surface area (Å²) in [6.07, 6.45) is 41.0. The van der Waals surface area contributed by atoms with Crippen LogP contribution in [0.4, 0.5) is 0 Å². The van der Waals surface area contributed by atoms with Gasteiger partial charge in [-0.05, 0) is 12.8 Å². The van der Waals surface area contributed by atoms with Crippen LogP contribution in [0.2, 0.25) is 0 Å². The number of amides is 1. The number of nitrogens with zero attached hydrogens (tertiary/aromatic N) is 1. The Labute approximate surface area is 336 Å². The van der Waals surface area contributed by atoms with Gasteiger partial charge < -0.3 is 28.8 Å². The van der Waals surface area contributed by atoms with Gasteiger partial charge >= 0.3 is 0 Å². The minimum absolute atomic E-state index is 0.0162. The zero-order chi connectivity index (χ0) is 40.0. The molecule has 0 heterocycles. The van der Waals surface area contributed by atoms with E-state index in [4.69, 9.17) is 9.05 Å². The zero-order valence-corrected chi connectivity index (χ0v) is 37.6. The van der Waals surface area contributed by atoms with E-state index in [0.717, 1.165) is 38.5 Å². The summed E-state index contributed by atoms with van der Waals surface area (Å²) in [7, 11) is 1.32. The fourth-order valence-electron chi connectivity index (χ4n) is 7.10. The molecule has 8 nitrogen and oxygen atoms in total. The number of hydrogen-bond donors (Lipinski definition) is 2. The van der Waals surface area contributed by atoms with Crippen molar-refractivity contribution in [1.82, 2.24) is 5.32 Å². The van der Waals surface area contributed by atoms with E-state index in [1.807, 2.05) is 21.1 Å². The maximum atomic E-state index is 12.9. The molecule has 0 radical (unpaired) electrons. The number of aliphatic hydroxyl groups is 1. The molecule has 0 aliphatic heterocycles. The average Bonchev–Trinajstić information content (AvgIpc) is 3.12. The van der Waals surface area contributed by atoms with Crippen LogP contribution in [0.1, 0.15) is 232 Å². The Morgan fingerprint density at radius 1 is 0.574 bits per heavy atom. The fraction of sp³-hybridized carbons (Fsp3) is 0.978. The van der Waals surface area contributed by atoms with E-state index in [-0.39, 0.29) is 19.1 Å². The first-order chi connectivity index (χ1) is 26.0. The lowest BCUT2D eigenvalue weighted by Crippen LogP contribution is -2.46. The van der Waals surface area contributed by atoms with Gasteiger partial charge in [0, 0.05) is 6.42 Å². The summed E-state index contributed by atoms with van der Waals surface area (Å²) in [5, 5.41) is 13.9. The monoisotopic (exact) mass is 789 g/mol. The van der Waals surface area contributed by atoms with Crippen molar-refractivity contribution in [3.8, 4) is 0 Å². The van der Waals surface area contributed by atoms with Crippen LogP contribution in [0, 0.1) is 0 Å². The molecule has 0 aromatic heterocycles. The highest BCUT2D eigenvalue weighted by Gasteiger charge is 2.24. The number of carbonyl (C=O) groups excluding carboxylic acids is 1. The Morgan fingerprint density at radius 3 is 1.26 bits per heavy atom. The zero-order valence-electron chi connectivity index (χ0n) is 36.7. The average molecular weight is 789 g/mol. The molecule has 0 aliphatic rings. The van der Waals surface area contributed by atoms with Crippen molar-refractivity contribution in [2.45, 2.75) is 244 Å². The van der Waals surface area contributed by atoms with Crippen LogP contribution in [0.5, 0.6) is 0 Å². The van der Waals surface area contributed by atoms with E-state index in [2.05, 4.69) is 19.2 Å². The van der Waals surface area contributed by atoms with Crippen molar-refractivity contribution >= 4 is 13.7 Å². The molecule has 0 rings (SSSR count). The van der Waals surface area contributed by atoms with Crippen LogP contribution in [-0.2, 0) is 18.4 Å². The Hall–Kier alpha value is -0.500. The van der Waals surface area contributed by atoms with Crippen LogP contribution >= 0.6 is 7.82 Å². The summed E-state index contributed by atoms with van der Waals surface area (Å²) in [6, 6.07) is -0.792. The first-order valence-electron chi connectivity index (χ1n) is 23.4. The van der Waals surface area contributed by atoms with E-state index < -0.39 is 20.0 Å². The number of aliphatic hydroxyl groups excluding tert-OH is 1. The number of nitrogens with one attached hydrogen (secondary N) is 1. The predicted molar refractivity (Wildman–Crippen MR) is 229 cm³/mol. The van der Waals surface area contributed by atoms with E-state index in [0.29, 0.717) is 23.9 Å². The molecular formula is C45H93N2O6P.